The molecular formula is C23H13ClI3NO3. The van der Waals surface area contributed by atoms with E-state index in [1.165, 1.54) is 0 Å². The molecular weight excluding hydrogens is 754 g/mol. The fourth-order valence-electron chi connectivity index (χ4n) is 2.87. The molecule has 0 aromatic heterocycles. The first-order chi connectivity index (χ1) is 14.9. The van der Waals surface area contributed by atoms with Crippen LogP contribution in [0.25, 0.3) is 6.08 Å². The summed E-state index contributed by atoms with van der Waals surface area (Å²) in [6.45, 7) is 0.490. The van der Waals surface area contributed by atoms with E-state index >= 15 is 0 Å². The molecule has 0 N–H and O–H groups in total. The van der Waals surface area contributed by atoms with Crippen molar-refractivity contribution in [2.75, 3.05) is 0 Å². The zero-order valence-corrected chi connectivity index (χ0v) is 23.0. The largest absolute Gasteiger partial charge is 0.487 e. The van der Waals surface area contributed by atoms with Gasteiger partial charge in [0.15, 0.2) is 5.70 Å². The van der Waals surface area contributed by atoms with Crippen LogP contribution in [0.3, 0.4) is 0 Å². The van der Waals surface area contributed by atoms with Crippen molar-refractivity contribution in [2.24, 2.45) is 4.99 Å². The number of carbonyl (C=O) groups excluding carboxylic acids is 1. The maximum Gasteiger partial charge on any atom is 0.363 e. The number of ether oxygens (including phenoxy) is 2. The first-order valence-corrected chi connectivity index (χ1v) is 12.7. The molecule has 1 aliphatic heterocycles. The highest BCUT2D eigenvalue weighted by Gasteiger charge is 2.26. The second kappa shape index (κ2) is 10.2. The van der Waals surface area contributed by atoms with Crippen LogP contribution in [0.1, 0.15) is 16.7 Å². The highest BCUT2D eigenvalue weighted by Crippen LogP contribution is 2.31. The average Bonchev–Trinajstić information content (AvgIpc) is 3.10. The van der Waals surface area contributed by atoms with E-state index in [1.54, 1.807) is 12.1 Å². The SMILES string of the molecule is O=C1OC(c2cc(I)ccc2Cl)=N/C1=C\c1cc(I)c(OCc2ccccc2)c(I)c1. The van der Waals surface area contributed by atoms with Crippen molar-refractivity contribution in [3.05, 3.63) is 98.8 Å². The van der Waals surface area contributed by atoms with Gasteiger partial charge in [-0.2, -0.15) is 0 Å². The summed E-state index contributed by atoms with van der Waals surface area (Å²) in [4.78, 5) is 16.8. The molecule has 4 rings (SSSR count). The van der Waals surface area contributed by atoms with Gasteiger partial charge < -0.3 is 9.47 Å². The minimum absolute atomic E-state index is 0.215. The molecule has 1 aliphatic rings. The Morgan fingerprint density at radius 1 is 1.00 bits per heavy atom. The third-order valence-electron chi connectivity index (χ3n) is 4.33. The van der Waals surface area contributed by atoms with Gasteiger partial charge in [0.05, 0.1) is 17.7 Å². The lowest BCUT2D eigenvalue weighted by molar-refractivity contribution is -0.129. The van der Waals surface area contributed by atoms with E-state index in [1.807, 2.05) is 54.6 Å². The number of cyclic esters (lactones) is 1. The lowest BCUT2D eigenvalue weighted by Crippen LogP contribution is -2.06. The van der Waals surface area contributed by atoms with E-state index in [-0.39, 0.29) is 11.6 Å². The van der Waals surface area contributed by atoms with Gasteiger partial charge in [-0.1, -0.05) is 41.9 Å². The highest BCUT2D eigenvalue weighted by molar-refractivity contribution is 14.1. The maximum atomic E-state index is 12.4. The second-order valence-corrected chi connectivity index (χ2v) is 10.5. The van der Waals surface area contributed by atoms with Crippen LogP contribution in [0.15, 0.2) is 71.4 Å². The smallest absolute Gasteiger partial charge is 0.363 e. The standard InChI is InChI=1S/C23H13ClI3NO3/c24-17-7-6-15(25)11-16(17)22-28-20(23(29)31-22)10-14-8-18(26)21(19(27)9-14)30-12-13-4-2-1-3-5-13/h1-11H,12H2/b20-10-. The Balaban J connectivity index is 1.59. The molecule has 156 valence electrons. The summed E-state index contributed by atoms with van der Waals surface area (Å²) in [5, 5.41) is 0.484. The molecule has 8 heteroatoms. The number of halogens is 4. The van der Waals surface area contributed by atoms with E-state index in [0.717, 1.165) is 27.6 Å². The molecule has 3 aromatic rings. The van der Waals surface area contributed by atoms with Crippen molar-refractivity contribution in [2.45, 2.75) is 6.61 Å². The molecule has 0 bridgehead atoms. The number of carbonyl (C=O) groups is 1. The fraction of sp³-hybridized carbons (Fsp3) is 0.0435. The van der Waals surface area contributed by atoms with Gasteiger partial charge in [0.2, 0.25) is 5.90 Å². The molecule has 0 aliphatic carbocycles. The minimum Gasteiger partial charge on any atom is -0.487 e. The Hall–Kier alpha value is -1.18. The summed E-state index contributed by atoms with van der Waals surface area (Å²) in [6.07, 6.45) is 1.71. The van der Waals surface area contributed by atoms with Crippen molar-refractivity contribution in [3.8, 4) is 5.75 Å². The van der Waals surface area contributed by atoms with Gasteiger partial charge >= 0.3 is 5.97 Å². The van der Waals surface area contributed by atoms with Gasteiger partial charge in [0, 0.05) is 3.57 Å². The quantitative estimate of drug-likeness (QED) is 0.159. The topological polar surface area (TPSA) is 47.9 Å². The Morgan fingerprint density at radius 3 is 2.42 bits per heavy atom. The summed E-state index contributed by atoms with van der Waals surface area (Å²) in [5.74, 6) is 0.530. The van der Waals surface area contributed by atoms with Crippen LogP contribution in [-0.2, 0) is 16.1 Å². The normalized spacial score (nSPS) is 14.5. The molecule has 0 atom stereocenters. The van der Waals surface area contributed by atoms with Gasteiger partial charge in [0.1, 0.15) is 12.4 Å². The number of hydrogen-bond acceptors (Lipinski definition) is 4. The summed E-state index contributed by atoms with van der Waals surface area (Å²) < 4.78 is 14.3. The number of aliphatic imine (C=N–C) groups is 1. The van der Waals surface area contributed by atoms with Crippen LogP contribution >= 0.6 is 79.4 Å². The first kappa shape index (κ1) is 23.0. The average molecular weight is 768 g/mol. The molecule has 0 saturated carbocycles. The first-order valence-electron chi connectivity index (χ1n) is 9.04. The number of nitrogens with zero attached hydrogens (tertiary/aromatic N) is 1. The molecule has 0 unspecified atom stereocenters. The Bertz CT molecular complexity index is 1200. The zero-order chi connectivity index (χ0) is 22.0. The Morgan fingerprint density at radius 2 is 1.71 bits per heavy atom. The van der Waals surface area contributed by atoms with Gasteiger partial charge in [-0.15, -0.1) is 0 Å². The van der Waals surface area contributed by atoms with Crippen LogP contribution < -0.4 is 4.74 Å². The number of rotatable bonds is 5. The van der Waals surface area contributed by atoms with Crippen LogP contribution in [0.5, 0.6) is 5.75 Å². The molecule has 0 saturated heterocycles. The van der Waals surface area contributed by atoms with Crippen LogP contribution in [0.2, 0.25) is 5.02 Å². The van der Waals surface area contributed by atoms with E-state index in [0.29, 0.717) is 17.2 Å². The predicted octanol–water partition coefficient (Wildman–Crippen LogP) is 7.08. The molecule has 1 heterocycles. The van der Waals surface area contributed by atoms with Gasteiger partial charge in [-0.25, -0.2) is 9.79 Å². The summed E-state index contributed by atoms with van der Waals surface area (Å²) in [6, 6.07) is 19.4. The Labute approximate surface area is 225 Å². The molecule has 31 heavy (non-hydrogen) atoms. The molecule has 0 radical (unpaired) electrons. The second-order valence-electron chi connectivity index (χ2n) is 6.55. The third kappa shape index (κ3) is 5.60. The van der Waals surface area contributed by atoms with Crippen molar-refractivity contribution >= 4 is 97.3 Å². The molecule has 3 aromatic carbocycles. The van der Waals surface area contributed by atoms with Crippen molar-refractivity contribution in [3.63, 3.8) is 0 Å². The van der Waals surface area contributed by atoms with Crippen LogP contribution in [-0.4, -0.2) is 11.9 Å². The van der Waals surface area contributed by atoms with Gasteiger partial charge in [-0.3, -0.25) is 0 Å². The monoisotopic (exact) mass is 767 g/mol. The van der Waals surface area contributed by atoms with Crippen molar-refractivity contribution in [1.29, 1.82) is 0 Å². The highest BCUT2D eigenvalue weighted by atomic mass is 127. The lowest BCUT2D eigenvalue weighted by Gasteiger charge is -2.11. The van der Waals surface area contributed by atoms with E-state index in [2.05, 4.69) is 72.8 Å². The van der Waals surface area contributed by atoms with E-state index in [9.17, 15) is 4.79 Å². The summed E-state index contributed by atoms with van der Waals surface area (Å²) in [5.41, 5.74) is 2.77. The van der Waals surface area contributed by atoms with Crippen LogP contribution in [0, 0.1) is 10.7 Å². The molecule has 0 fully saturated rings. The van der Waals surface area contributed by atoms with Crippen LogP contribution in [0.4, 0.5) is 0 Å². The number of hydrogen-bond donors (Lipinski definition) is 0. The predicted molar refractivity (Wildman–Crippen MR) is 147 cm³/mol. The Kier molecular flexibility index (Phi) is 7.55. The fourth-order valence-corrected chi connectivity index (χ4v) is 5.69. The summed E-state index contributed by atoms with van der Waals surface area (Å²) in [7, 11) is 0. The van der Waals surface area contributed by atoms with Gasteiger partial charge in [0.25, 0.3) is 0 Å². The lowest BCUT2D eigenvalue weighted by atomic mass is 10.2. The van der Waals surface area contributed by atoms with Gasteiger partial charge in [-0.05, 0) is 115 Å². The van der Waals surface area contributed by atoms with E-state index < -0.39 is 5.97 Å². The molecule has 0 amide bonds. The van der Waals surface area contributed by atoms with Crippen molar-refractivity contribution < 1.29 is 14.3 Å². The molecule has 0 spiro atoms. The third-order valence-corrected chi connectivity index (χ3v) is 6.93. The van der Waals surface area contributed by atoms with Crippen molar-refractivity contribution in [1.82, 2.24) is 0 Å². The maximum absolute atomic E-state index is 12.4. The summed E-state index contributed by atoms with van der Waals surface area (Å²) >= 11 is 12.9. The molecule has 4 nitrogen and oxygen atoms in total. The zero-order valence-electron chi connectivity index (χ0n) is 15.7. The minimum atomic E-state index is -0.501. The number of esters is 1. The number of benzene rings is 3. The van der Waals surface area contributed by atoms with E-state index in [4.69, 9.17) is 21.1 Å².